The molecule has 1 atom stereocenters. The first-order chi connectivity index (χ1) is 8.69. The summed E-state index contributed by atoms with van der Waals surface area (Å²) in [5.74, 6) is 0.00665. The molecule has 18 heavy (non-hydrogen) atoms. The van der Waals surface area contributed by atoms with E-state index in [1.807, 2.05) is 0 Å². The van der Waals surface area contributed by atoms with E-state index in [0.29, 0.717) is 18.0 Å². The summed E-state index contributed by atoms with van der Waals surface area (Å²) < 4.78 is 18.2. The van der Waals surface area contributed by atoms with E-state index < -0.39 is 5.82 Å². The Bertz CT molecular complexity index is 431. The van der Waals surface area contributed by atoms with Crippen LogP contribution < -0.4 is 15.4 Å². The molecule has 1 aromatic rings. The van der Waals surface area contributed by atoms with E-state index in [2.05, 4.69) is 10.6 Å². The van der Waals surface area contributed by atoms with Crippen molar-refractivity contribution in [3.63, 3.8) is 0 Å². The molecule has 0 radical (unpaired) electrons. The number of halogens is 1. The fourth-order valence-electron chi connectivity index (χ4n) is 2.11. The fourth-order valence-corrected chi connectivity index (χ4v) is 2.11. The number of benzene rings is 1. The summed E-state index contributed by atoms with van der Waals surface area (Å²) in [7, 11) is 1.41. The van der Waals surface area contributed by atoms with Crippen LogP contribution in [0.4, 0.5) is 10.1 Å². The highest BCUT2D eigenvalue weighted by atomic mass is 19.1. The van der Waals surface area contributed by atoms with Crippen LogP contribution in [-0.4, -0.2) is 26.1 Å². The van der Waals surface area contributed by atoms with Gasteiger partial charge in [-0.3, -0.25) is 4.79 Å². The predicted molar refractivity (Wildman–Crippen MR) is 67.2 cm³/mol. The standard InChI is InChI=1S/C13H17FN2O2/c1-18-12-3-2-10(7-11(12)14)16-13(17)6-9-4-5-15-8-9/h2-3,7,9,15H,4-6,8H2,1H3,(H,16,17). The number of rotatable bonds is 4. The van der Waals surface area contributed by atoms with Gasteiger partial charge in [0.05, 0.1) is 7.11 Å². The lowest BCUT2D eigenvalue weighted by molar-refractivity contribution is -0.116. The van der Waals surface area contributed by atoms with Gasteiger partial charge in [-0.15, -0.1) is 0 Å². The second kappa shape index (κ2) is 5.82. The van der Waals surface area contributed by atoms with E-state index in [0.717, 1.165) is 19.5 Å². The molecule has 1 aliphatic rings. The number of carbonyl (C=O) groups excluding carboxylic acids is 1. The Labute approximate surface area is 106 Å². The van der Waals surface area contributed by atoms with Crippen LogP contribution in [0.15, 0.2) is 18.2 Å². The number of anilines is 1. The molecule has 2 N–H and O–H groups in total. The summed E-state index contributed by atoms with van der Waals surface area (Å²) in [6.45, 7) is 1.85. The van der Waals surface area contributed by atoms with E-state index in [1.165, 1.54) is 19.2 Å². The lowest BCUT2D eigenvalue weighted by atomic mass is 10.0. The molecular weight excluding hydrogens is 235 g/mol. The average Bonchev–Trinajstić information content (AvgIpc) is 2.82. The van der Waals surface area contributed by atoms with Crippen molar-refractivity contribution in [3.8, 4) is 5.75 Å². The Morgan fingerprint density at radius 3 is 3.06 bits per heavy atom. The quantitative estimate of drug-likeness (QED) is 0.858. The van der Waals surface area contributed by atoms with Gasteiger partial charge in [-0.05, 0) is 37.6 Å². The first-order valence-electron chi connectivity index (χ1n) is 6.03. The largest absolute Gasteiger partial charge is 0.494 e. The van der Waals surface area contributed by atoms with Gasteiger partial charge in [-0.25, -0.2) is 4.39 Å². The Balaban J connectivity index is 1.92. The summed E-state index contributed by atoms with van der Waals surface area (Å²) in [4.78, 5) is 11.7. The molecule has 1 heterocycles. The molecular formula is C13H17FN2O2. The third-order valence-corrected chi connectivity index (χ3v) is 3.07. The highest BCUT2D eigenvalue weighted by Crippen LogP contribution is 2.21. The molecule has 1 aromatic carbocycles. The highest BCUT2D eigenvalue weighted by molar-refractivity contribution is 5.90. The van der Waals surface area contributed by atoms with Crippen LogP contribution >= 0.6 is 0 Å². The number of carbonyl (C=O) groups is 1. The van der Waals surface area contributed by atoms with Crippen LogP contribution in [0.3, 0.4) is 0 Å². The van der Waals surface area contributed by atoms with Crippen molar-refractivity contribution in [2.24, 2.45) is 5.92 Å². The van der Waals surface area contributed by atoms with Crippen LogP contribution in [0.1, 0.15) is 12.8 Å². The Hall–Kier alpha value is -1.62. The van der Waals surface area contributed by atoms with Crippen LogP contribution in [-0.2, 0) is 4.79 Å². The maximum absolute atomic E-state index is 13.4. The summed E-state index contributed by atoms with van der Waals surface area (Å²) in [5, 5.41) is 5.91. The zero-order valence-corrected chi connectivity index (χ0v) is 10.3. The molecule has 2 rings (SSSR count). The van der Waals surface area contributed by atoms with E-state index in [-0.39, 0.29) is 11.7 Å². The van der Waals surface area contributed by atoms with E-state index >= 15 is 0 Å². The fraction of sp³-hybridized carbons (Fsp3) is 0.462. The maximum Gasteiger partial charge on any atom is 0.224 e. The Morgan fingerprint density at radius 1 is 1.61 bits per heavy atom. The molecule has 98 valence electrons. The van der Waals surface area contributed by atoms with Gasteiger partial charge in [0.15, 0.2) is 11.6 Å². The third kappa shape index (κ3) is 3.20. The summed E-state index contributed by atoms with van der Waals surface area (Å²) in [6, 6.07) is 4.40. The minimum Gasteiger partial charge on any atom is -0.494 e. The van der Waals surface area contributed by atoms with Crippen LogP contribution in [0.2, 0.25) is 0 Å². The van der Waals surface area contributed by atoms with Gasteiger partial charge >= 0.3 is 0 Å². The Kier molecular flexibility index (Phi) is 4.15. The minimum atomic E-state index is -0.474. The summed E-state index contributed by atoms with van der Waals surface area (Å²) >= 11 is 0. The van der Waals surface area contributed by atoms with Crippen LogP contribution in [0.5, 0.6) is 5.75 Å². The molecule has 0 saturated carbocycles. The van der Waals surface area contributed by atoms with Gasteiger partial charge in [0.1, 0.15) is 0 Å². The average molecular weight is 252 g/mol. The molecule has 0 bridgehead atoms. The first kappa shape index (κ1) is 12.8. The van der Waals surface area contributed by atoms with Gasteiger partial charge in [-0.2, -0.15) is 0 Å². The number of nitrogens with one attached hydrogen (secondary N) is 2. The molecule has 1 aliphatic heterocycles. The summed E-state index contributed by atoms with van der Waals surface area (Å²) in [5.41, 5.74) is 0.462. The molecule has 0 spiro atoms. The SMILES string of the molecule is COc1ccc(NC(=O)CC2CCNC2)cc1F. The zero-order valence-electron chi connectivity index (χ0n) is 10.3. The topological polar surface area (TPSA) is 50.4 Å². The van der Waals surface area contributed by atoms with Crippen molar-refractivity contribution in [1.29, 1.82) is 0 Å². The van der Waals surface area contributed by atoms with Crippen molar-refractivity contribution >= 4 is 11.6 Å². The van der Waals surface area contributed by atoms with Crippen molar-refractivity contribution < 1.29 is 13.9 Å². The van der Waals surface area contributed by atoms with Crippen LogP contribution in [0, 0.1) is 11.7 Å². The van der Waals surface area contributed by atoms with Gasteiger partial charge in [0, 0.05) is 18.2 Å². The van der Waals surface area contributed by atoms with E-state index in [9.17, 15) is 9.18 Å². The lowest BCUT2D eigenvalue weighted by Crippen LogP contribution is -2.18. The molecule has 4 nitrogen and oxygen atoms in total. The molecule has 1 saturated heterocycles. The number of amides is 1. The summed E-state index contributed by atoms with van der Waals surface area (Å²) in [6.07, 6.45) is 1.49. The second-order valence-electron chi connectivity index (χ2n) is 4.46. The second-order valence-corrected chi connectivity index (χ2v) is 4.46. The third-order valence-electron chi connectivity index (χ3n) is 3.07. The molecule has 1 amide bonds. The zero-order chi connectivity index (χ0) is 13.0. The molecule has 0 aromatic heterocycles. The normalized spacial score (nSPS) is 18.7. The van der Waals surface area contributed by atoms with Crippen molar-refractivity contribution in [2.75, 3.05) is 25.5 Å². The van der Waals surface area contributed by atoms with Gasteiger partial charge in [0.25, 0.3) is 0 Å². The first-order valence-corrected chi connectivity index (χ1v) is 6.03. The number of methoxy groups -OCH3 is 1. The van der Waals surface area contributed by atoms with Gasteiger partial charge in [0.2, 0.25) is 5.91 Å². The smallest absolute Gasteiger partial charge is 0.224 e. The molecule has 0 aliphatic carbocycles. The van der Waals surface area contributed by atoms with Crippen LogP contribution in [0.25, 0.3) is 0 Å². The van der Waals surface area contributed by atoms with Crippen molar-refractivity contribution in [3.05, 3.63) is 24.0 Å². The van der Waals surface area contributed by atoms with Gasteiger partial charge in [-0.1, -0.05) is 0 Å². The maximum atomic E-state index is 13.4. The molecule has 1 fully saturated rings. The van der Waals surface area contributed by atoms with Gasteiger partial charge < -0.3 is 15.4 Å². The number of ether oxygens (including phenoxy) is 1. The highest BCUT2D eigenvalue weighted by Gasteiger charge is 2.18. The van der Waals surface area contributed by atoms with E-state index in [4.69, 9.17) is 4.74 Å². The van der Waals surface area contributed by atoms with Crippen molar-refractivity contribution in [2.45, 2.75) is 12.8 Å². The van der Waals surface area contributed by atoms with E-state index in [1.54, 1.807) is 6.07 Å². The monoisotopic (exact) mass is 252 g/mol. The molecule has 5 heteroatoms. The Morgan fingerprint density at radius 2 is 2.44 bits per heavy atom. The minimum absolute atomic E-state index is 0.0757. The number of hydrogen-bond donors (Lipinski definition) is 2. The van der Waals surface area contributed by atoms with Crippen molar-refractivity contribution in [1.82, 2.24) is 5.32 Å². The lowest BCUT2D eigenvalue weighted by Gasteiger charge is -2.10. The molecule has 1 unspecified atom stereocenters. The predicted octanol–water partition coefficient (Wildman–Crippen LogP) is 1.77. The number of hydrogen-bond acceptors (Lipinski definition) is 3.